The van der Waals surface area contributed by atoms with Gasteiger partial charge in [-0.05, 0) is 56.4 Å². The van der Waals surface area contributed by atoms with Crippen LogP contribution in [-0.2, 0) is 0 Å². The van der Waals surface area contributed by atoms with Gasteiger partial charge in [0, 0.05) is 23.5 Å². The van der Waals surface area contributed by atoms with Gasteiger partial charge in [-0.25, -0.2) is 0 Å². The third kappa shape index (κ3) is 2.20. The first kappa shape index (κ1) is 12.9. The molecule has 0 spiro atoms. The summed E-state index contributed by atoms with van der Waals surface area (Å²) in [5, 5.41) is 4.06. The molecule has 3 nitrogen and oxygen atoms in total. The molecule has 2 heterocycles. The second kappa shape index (κ2) is 5.08. The van der Waals surface area contributed by atoms with Crippen LogP contribution in [0.25, 0.3) is 11.1 Å². The van der Waals surface area contributed by atoms with Gasteiger partial charge in [-0.1, -0.05) is 17.3 Å². The predicted molar refractivity (Wildman–Crippen MR) is 80.1 cm³/mol. The number of hydrogen-bond donors (Lipinski definition) is 0. The Morgan fingerprint density at radius 1 is 1.20 bits per heavy atom. The molecule has 102 valence electrons. The summed E-state index contributed by atoms with van der Waals surface area (Å²) < 4.78 is 5.29. The molecule has 20 heavy (non-hydrogen) atoms. The molecule has 2 aromatic rings. The molecule has 0 N–H and O–H groups in total. The van der Waals surface area contributed by atoms with E-state index >= 15 is 0 Å². The lowest BCUT2D eigenvalue weighted by molar-refractivity contribution is 0.393. The fourth-order valence-electron chi connectivity index (χ4n) is 2.79. The lowest BCUT2D eigenvalue weighted by atomic mass is 9.89. The summed E-state index contributed by atoms with van der Waals surface area (Å²) >= 11 is 0. The number of rotatable bonds is 2. The van der Waals surface area contributed by atoms with Crippen LogP contribution in [0.4, 0.5) is 0 Å². The number of allylic oxidation sites excluding steroid dienone is 4. The largest absolute Gasteiger partial charge is 0.361 e. The van der Waals surface area contributed by atoms with Gasteiger partial charge in [-0.2, -0.15) is 0 Å². The quantitative estimate of drug-likeness (QED) is 0.815. The van der Waals surface area contributed by atoms with Gasteiger partial charge in [-0.3, -0.25) is 4.98 Å². The Labute approximate surface area is 119 Å². The fraction of sp³-hybridized carbons (Fsp3) is 0.294. The van der Waals surface area contributed by atoms with Crippen molar-refractivity contribution in [1.29, 1.82) is 0 Å². The van der Waals surface area contributed by atoms with Crippen molar-refractivity contribution < 1.29 is 4.52 Å². The monoisotopic (exact) mass is 266 g/mol. The van der Waals surface area contributed by atoms with Gasteiger partial charge in [0.15, 0.2) is 0 Å². The highest BCUT2D eigenvalue weighted by atomic mass is 16.5. The topological polar surface area (TPSA) is 38.9 Å². The average molecular weight is 266 g/mol. The van der Waals surface area contributed by atoms with E-state index < -0.39 is 0 Å². The average Bonchev–Trinajstić information content (AvgIpc) is 2.79. The molecule has 0 aliphatic heterocycles. The van der Waals surface area contributed by atoms with Crippen molar-refractivity contribution >= 4 is 11.1 Å². The molecule has 1 aliphatic carbocycles. The Morgan fingerprint density at radius 3 is 2.75 bits per heavy atom. The number of pyridine rings is 1. The number of nitrogens with zero attached hydrogens (tertiary/aromatic N) is 2. The Morgan fingerprint density at radius 2 is 2.05 bits per heavy atom. The molecule has 0 radical (unpaired) electrons. The molecule has 0 amide bonds. The summed E-state index contributed by atoms with van der Waals surface area (Å²) in [5.41, 5.74) is 7.15. The molecule has 0 unspecified atom stereocenters. The van der Waals surface area contributed by atoms with Crippen LogP contribution in [0.5, 0.6) is 0 Å². The van der Waals surface area contributed by atoms with Crippen molar-refractivity contribution in [3.05, 3.63) is 58.8 Å². The third-order valence-corrected chi connectivity index (χ3v) is 3.81. The van der Waals surface area contributed by atoms with Crippen LogP contribution in [0, 0.1) is 20.8 Å². The van der Waals surface area contributed by atoms with Crippen molar-refractivity contribution in [3.63, 3.8) is 0 Å². The summed E-state index contributed by atoms with van der Waals surface area (Å²) in [6.07, 6.45) is 10.4. The van der Waals surface area contributed by atoms with E-state index in [1.54, 1.807) is 0 Å². The highest BCUT2D eigenvalue weighted by Gasteiger charge is 2.17. The van der Waals surface area contributed by atoms with Crippen molar-refractivity contribution in [2.75, 3.05) is 0 Å². The second-order valence-electron chi connectivity index (χ2n) is 5.26. The van der Waals surface area contributed by atoms with E-state index in [1.165, 1.54) is 22.3 Å². The molecule has 0 atom stereocenters. The summed E-state index contributed by atoms with van der Waals surface area (Å²) in [7, 11) is 0. The van der Waals surface area contributed by atoms with E-state index in [-0.39, 0.29) is 0 Å². The van der Waals surface area contributed by atoms with Gasteiger partial charge in [0.1, 0.15) is 5.76 Å². The molecule has 0 saturated carbocycles. The molecule has 0 bridgehead atoms. The highest BCUT2D eigenvalue weighted by Crippen LogP contribution is 2.34. The van der Waals surface area contributed by atoms with Crippen LogP contribution < -0.4 is 0 Å². The lowest BCUT2D eigenvalue weighted by Gasteiger charge is -2.15. The standard InChI is InChI=1S/C17H18N2O/c1-11-7-8-18-10-16(11)14-5-4-6-15(9-14)17-12(2)19-20-13(17)3/h5,7-10H,4,6H2,1-3H3. The zero-order valence-electron chi connectivity index (χ0n) is 12.1. The van der Waals surface area contributed by atoms with Crippen molar-refractivity contribution in [2.24, 2.45) is 0 Å². The van der Waals surface area contributed by atoms with Crippen LogP contribution in [0.2, 0.25) is 0 Å². The molecular formula is C17H18N2O. The Balaban J connectivity index is 2.04. The smallest absolute Gasteiger partial charge is 0.141 e. The molecule has 0 saturated heterocycles. The molecule has 3 heteroatoms. The van der Waals surface area contributed by atoms with Gasteiger partial charge >= 0.3 is 0 Å². The first-order valence-corrected chi connectivity index (χ1v) is 6.92. The third-order valence-electron chi connectivity index (χ3n) is 3.81. The predicted octanol–water partition coefficient (Wildman–Crippen LogP) is 4.26. The maximum absolute atomic E-state index is 5.29. The highest BCUT2D eigenvalue weighted by molar-refractivity contribution is 5.87. The van der Waals surface area contributed by atoms with Gasteiger partial charge in [0.2, 0.25) is 0 Å². The van der Waals surface area contributed by atoms with E-state index in [0.29, 0.717) is 0 Å². The van der Waals surface area contributed by atoms with Crippen molar-refractivity contribution in [2.45, 2.75) is 33.6 Å². The fourth-order valence-corrected chi connectivity index (χ4v) is 2.79. The van der Waals surface area contributed by atoms with Gasteiger partial charge in [0.05, 0.1) is 5.69 Å². The SMILES string of the molecule is Cc1ccncc1C1=CCCC(c2c(C)noc2C)=C1. The lowest BCUT2D eigenvalue weighted by Crippen LogP contribution is -1.97. The molecule has 0 fully saturated rings. The van der Waals surface area contributed by atoms with Crippen LogP contribution in [0.1, 0.15) is 41.0 Å². The Kier molecular flexibility index (Phi) is 3.26. The Bertz CT molecular complexity index is 688. The van der Waals surface area contributed by atoms with E-state index in [4.69, 9.17) is 4.52 Å². The normalized spacial score (nSPS) is 14.9. The summed E-state index contributed by atoms with van der Waals surface area (Å²) in [5.74, 6) is 0.901. The van der Waals surface area contributed by atoms with Gasteiger partial charge < -0.3 is 4.52 Å². The number of aromatic nitrogens is 2. The van der Waals surface area contributed by atoms with E-state index in [2.05, 4.69) is 29.2 Å². The van der Waals surface area contributed by atoms with Crippen LogP contribution >= 0.6 is 0 Å². The number of hydrogen-bond acceptors (Lipinski definition) is 3. The molecule has 2 aromatic heterocycles. The minimum atomic E-state index is 0.901. The van der Waals surface area contributed by atoms with Crippen LogP contribution in [0.15, 0.2) is 35.1 Å². The second-order valence-corrected chi connectivity index (χ2v) is 5.26. The van der Waals surface area contributed by atoms with Crippen molar-refractivity contribution in [3.8, 4) is 0 Å². The maximum atomic E-state index is 5.29. The molecule has 1 aliphatic rings. The van der Waals surface area contributed by atoms with E-state index in [0.717, 1.165) is 29.9 Å². The Hall–Kier alpha value is -2.16. The zero-order valence-corrected chi connectivity index (χ0v) is 12.1. The summed E-state index contributed by atoms with van der Waals surface area (Å²) in [4.78, 5) is 4.24. The summed E-state index contributed by atoms with van der Waals surface area (Å²) in [6.45, 7) is 6.10. The maximum Gasteiger partial charge on any atom is 0.141 e. The van der Waals surface area contributed by atoms with E-state index in [1.807, 2.05) is 32.3 Å². The minimum Gasteiger partial charge on any atom is -0.361 e. The van der Waals surface area contributed by atoms with Gasteiger partial charge in [-0.15, -0.1) is 0 Å². The first-order valence-electron chi connectivity index (χ1n) is 6.92. The summed E-state index contributed by atoms with van der Waals surface area (Å²) in [6, 6.07) is 2.05. The first-order chi connectivity index (χ1) is 9.66. The minimum absolute atomic E-state index is 0.901. The molecule has 0 aromatic carbocycles. The zero-order chi connectivity index (χ0) is 14.1. The van der Waals surface area contributed by atoms with Crippen LogP contribution in [-0.4, -0.2) is 10.1 Å². The molecular weight excluding hydrogens is 248 g/mol. The number of aryl methyl sites for hydroxylation is 3. The van der Waals surface area contributed by atoms with Crippen molar-refractivity contribution in [1.82, 2.24) is 10.1 Å². The molecule has 3 rings (SSSR count). The van der Waals surface area contributed by atoms with Crippen LogP contribution in [0.3, 0.4) is 0 Å². The van der Waals surface area contributed by atoms with Gasteiger partial charge in [0.25, 0.3) is 0 Å². The van der Waals surface area contributed by atoms with E-state index in [9.17, 15) is 0 Å².